The SMILES string of the molecule is CC1(C)c2cc(-c3ccccc3)ccc2-c2ccc(N(c3ccc(-c4ccccc4)cc3)c3ccc(-c4ccc(-c5ccc6c(c5)c5ccccc5n6-c5ccccc5)cc4)c4ccccc34)cc21. The van der Waals surface area contributed by atoms with Gasteiger partial charge >= 0.3 is 0 Å². The van der Waals surface area contributed by atoms with Crippen LogP contribution in [0.3, 0.4) is 0 Å². The quantitative estimate of drug-likeness (QED) is 0.148. The summed E-state index contributed by atoms with van der Waals surface area (Å²) < 4.78 is 2.37. The van der Waals surface area contributed by atoms with Gasteiger partial charge in [0.1, 0.15) is 0 Å². The molecule has 0 saturated heterocycles. The molecule has 0 radical (unpaired) electrons. The molecule has 1 aromatic heterocycles. The molecule has 69 heavy (non-hydrogen) atoms. The second-order valence-corrected chi connectivity index (χ2v) is 18.9. The van der Waals surface area contributed by atoms with Gasteiger partial charge in [0, 0.05) is 38.6 Å². The van der Waals surface area contributed by atoms with Crippen LogP contribution >= 0.6 is 0 Å². The Morgan fingerprint density at radius 1 is 0.304 bits per heavy atom. The van der Waals surface area contributed by atoms with Crippen molar-refractivity contribution in [3.63, 3.8) is 0 Å². The molecule has 1 aliphatic rings. The molecule has 13 rings (SSSR count). The van der Waals surface area contributed by atoms with Crippen LogP contribution in [0.15, 0.2) is 255 Å². The first kappa shape index (κ1) is 40.5. The van der Waals surface area contributed by atoms with Crippen molar-refractivity contribution >= 4 is 49.6 Å². The van der Waals surface area contributed by atoms with E-state index in [0.717, 1.165) is 17.1 Å². The Kier molecular flexibility index (Phi) is 9.55. The first-order chi connectivity index (χ1) is 34.0. The standard InChI is InChI=1S/C67H48N2/c1-67(2)62-43-51(46-18-8-4-9-19-46)32-37-57(62)58-38-36-54(44-63(58)67)68(53-34-30-47(31-35-53)45-16-6-3-7-17-45)65-41-39-55(56-22-12-13-23-59(56)65)49-28-26-48(27-29-49)50-33-40-66-61(42-50)60-24-14-15-25-64(60)69(66)52-20-10-5-11-21-52/h3-44H,1-2H3. The zero-order valence-electron chi connectivity index (χ0n) is 38.6. The fourth-order valence-corrected chi connectivity index (χ4v) is 11.1. The highest BCUT2D eigenvalue weighted by Gasteiger charge is 2.36. The van der Waals surface area contributed by atoms with Gasteiger partial charge in [-0.25, -0.2) is 0 Å². The Bertz CT molecular complexity index is 3880. The lowest BCUT2D eigenvalue weighted by Crippen LogP contribution is -2.17. The minimum Gasteiger partial charge on any atom is -0.310 e. The van der Waals surface area contributed by atoms with E-state index in [0.29, 0.717) is 0 Å². The maximum Gasteiger partial charge on any atom is 0.0541 e. The molecule has 0 atom stereocenters. The van der Waals surface area contributed by atoms with Crippen LogP contribution in [-0.4, -0.2) is 4.57 Å². The average molecular weight is 881 g/mol. The van der Waals surface area contributed by atoms with E-state index in [1.165, 1.54) is 105 Å². The predicted molar refractivity (Wildman–Crippen MR) is 292 cm³/mol. The third-order valence-corrected chi connectivity index (χ3v) is 14.6. The Balaban J connectivity index is 0.899. The number of hydrogen-bond donors (Lipinski definition) is 0. The highest BCUT2D eigenvalue weighted by molar-refractivity contribution is 6.11. The smallest absolute Gasteiger partial charge is 0.0541 e. The molecule has 2 heteroatoms. The summed E-state index contributed by atoms with van der Waals surface area (Å²) in [6.45, 7) is 4.76. The number of aromatic nitrogens is 1. The van der Waals surface area contributed by atoms with Crippen molar-refractivity contribution in [1.29, 1.82) is 0 Å². The summed E-state index contributed by atoms with van der Waals surface area (Å²) in [5.74, 6) is 0. The molecule has 0 fully saturated rings. The normalized spacial score (nSPS) is 12.6. The van der Waals surface area contributed by atoms with Crippen molar-refractivity contribution in [2.45, 2.75) is 19.3 Å². The number of rotatable bonds is 8. The lowest BCUT2D eigenvalue weighted by atomic mass is 9.81. The van der Waals surface area contributed by atoms with Crippen LogP contribution in [0.4, 0.5) is 17.1 Å². The largest absolute Gasteiger partial charge is 0.310 e. The van der Waals surface area contributed by atoms with E-state index >= 15 is 0 Å². The molecule has 0 spiro atoms. The molecule has 0 bridgehead atoms. The van der Waals surface area contributed by atoms with Gasteiger partial charge in [-0.05, 0) is 139 Å². The van der Waals surface area contributed by atoms with Gasteiger partial charge in [0.15, 0.2) is 0 Å². The van der Waals surface area contributed by atoms with Crippen LogP contribution < -0.4 is 4.90 Å². The van der Waals surface area contributed by atoms with Gasteiger partial charge in [-0.1, -0.05) is 202 Å². The van der Waals surface area contributed by atoms with Crippen molar-refractivity contribution in [1.82, 2.24) is 4.57 Å². The Morgan fingerprint density at radius 2 is 0.768 bits per heavy atom. The number of nitrogens with zero attached hydrogens (tertiary/aromatic N) is 2. The molecular formula is C67H48N2. The van der Waals surface area contributed by atoms with Gasteiger partial charge in [0.2, 0.25) is 0 Å². The number of anilines is 3. The maximum atomic E-state index is 2.46. The molecule has 0 aliphatic heterocycles. The predicted octanol–water partition coefficient (Wildman–Crippen LogP) is 18.4. The molecule has 12 aromatic rings. The minimum atomic E-state index is -0.195. The summed E-state index contributed by atoms with van der Waals surface area (Å²) in [6, 6.07) is 93.6. The first-order valence-corrected chi connectivity index (χ1v) is 24.0. The Morgan fingerprint density at radius 3 is 1.49 bits per heavy atom. The van der Waals surface area contributed by atoms with Crippen molar-refractivity contribution in [2.75, 3.05) is 4.90 Å². The van der Waals surface area contributed by atoms with E-state index < -0.39 is 0 Å². The minimum absolute atomic E-state index is 0.195. The molecule has 0 saturated carbocycles. The van der Waals surface area contributed by atoms with E-state index in [1.54, 1.807) is 0 Å². The van der Waals surface area contributed by atoms with Crippen LogP contribution in [0.1, 0.15) is 25.0 Å². The van der Waals surface area contributed by atoms with E-state index in [4.69, 9.17) is 0 Å². The Hall–Kier alpha value is -8.72. The molecule has 11 aromatic carbocycles. The number of fused-ring (bicyclic) bond motifs is 7. The van der Waals surface area contributed by atoms with Crippen molar-refractivity contribution in [3.8, 4) is 61.3 Å². The second-order valence-electron chi connectivity index (χ2n) is 18.9. The lowest BCUT2D eigenvalue weighted by molar-refractivity contribution is 0.660. The van der Waals surface area contributed by atoms with Crippen molar-refractivity contribution < 1.29 is 0 Å². The van der Waals surface area contributed by atoms with Gasteiger partial charge < -0.3 is 9.47 Å². The van der Waals surface area contributed by atoms with E-state index in [-0.39, 0.29) is 5.41 Å². The molecule has 0 amide bonds. The van der Waals surface area contributed by atoms with Crippen LogP contribution in [-0.2, 0) is 5.41 Å². The molecule has 1 aliphatic carbocycles. The van der Waals surface area contributed by atoms with Gasteiger partial charge in [0.25, 0.3) is 0 Å². The summed E-state index contributed by atoms with van der Waals surface area (Å²) in [6.07, 6.45) is 0. The second kappa shape index (κ2) is 16.3. The van der Waals surface area contributed by atoms with Crippen LogP contribution in [0.25, 0.3) is 93.9 Å². The summed E-state index contributed by atoms with van der Waals surface area (Å²) in [4.78, 5) is 2.46. The maximum absolute atomic E-state index is 2.46. The average Bonchev–Trinajstić information content (AvgIpc) is 3.86. The summed E-state index contributed by atoms with van der Waals surface area (Å²) in [7, 11) is 0. The van der Waals surface area contributed by atoms with Crippen LogP contribution in [0, 0.1) is 0 Å². The van der Waals surface area contributed by atoms with Gasteiger partial charge in [-0.2, -0.15) is 0 Å². The monoisotopic (exact) mass is 880 g/mol. The molecule has 1 heterocycles. The van der Waals surface area contributed by atoms with E-state index in [9.17, 15) is 0 Å². The van der Waals surface area contributed by atoms with Crippen molar-refractivity contribution in [2.24, 2.45) is 0 Å². The Labute approximate surface area is 403 Å². The van der Waals surface area contributed by atoms with Crippen LogP contribution in [0.2, 0.25) is 0 Å². The van der Waals surface area contributed by atoms with Gasteiger partial charge in [-0.15, -0.1) is 0 Å². The summed E-state index contributed by atoms with van der Waals surface area (Å²) in [5, 5.41) is 4.92. The van der Waals surface area contributed by atoms with E-state index in [2.05, 4.69) is 278 Å². The zero-order valence-corrected chi connectivity index (χ0v) is 38.6. The molecular weight excluding hydrogens is 833 g/mol. The van der Waals surface area contributed by atoms with E-state index in [1.807, 2.05) is 0 Å². The molecule has 0 unspecified atom stereocenters. The topological polar surface area (TPSA) is 8.17 Å². The third-order valence-electron chi connectivity index (χ3n) is 14.6. The fourth-order valence-electron chi connectivity index (χ4n) is 11.1. The zero-order chi connectivity index (χ0) is 46.1. The number of para-hydroxylation sites is 2. The molecule has 0 N–H and O–H groups in total. The molecule has 326 valence electrons. The molecule has 2 nitrogen and oxygen atoms in total. The summed E-state index contributed by atoms with van der Waals surface area (Å²) in [5.41, 5.74) is 21.8. The van der Waals surface area contributed by atoms with Gasteiger partial charge in [0.05, 0.1) is 16.7 Å². The first-order valence-electron chi connectivity index (χ1n) is 24.0. The number of hydrogen-bond acceptors (Lipinski definition) is 1. The van der Waals surface area contributed by atoms with Gasteiger partial charge in [-0.3, -0.25) is 0 Å². The van der Waals surface area contributed by atoms with Crippen LogP contribution in [0.5, 0.6) is 0 Å². The fraction of sp³-hybridized carbons (Fsp3) is 0.0448. The summed E-state index contributed by atoms with van der Waals surface area (Å²) >= 11 is 0. The third kappa shape index (κ3) is 6.79. The van der Waals surface area contributed by atoms with Crippen molar-refractivity contribution in [3.05, 3.63) is 266 Å². The highest BCUT2D eigenvalue weighted by atomic mass is 15.1. The lowest BCUT2D eigenvalue weighted by Gasteiger charge is -2.29. The number of benzene rings is 11. The highest BCUT2D eigenvalue weighted by Crippen LogP contribution is 2.52.